The predicted molar refractivity (Wildman–Crippen MR) is 64.4 cm³/mol. The molecule has 1 rings (SSSR count). The van der Waals surface area contributed by atoms with Gasteiger partial charge in [0, 0.05) is 0 Å². The minimum atomic E-state index is 0.961. The lowest BCUT2D eigenvalue weighted by atomic mass is 10.00. The van der Waals surface area contributed by atoms with Crippen LogP contribution in [-0.2, 0) is 12.8 Å². The standard InChI is InChI=1S/C14H18/c1-4-7-12-9-10-14(8-5-2)13(6-3)11-12/h4-5,8-11H,1,6-7H2,2-3H3. The number of benzene rings is 1. The van der Waals surface area contributed by atoms with Gasteiger partial charge in [-0.3, -0.25) is 0 Å². The van der Waals surface area contributed by atoms with E-state index in [0.29, 0.717) is 0 Å². The van der Waals surface area contributed by atoms with Crippen LogP contribution in [0.1, 0.15) is 30.5 Å². The highest BCUT2D eigenvalue weighted by Crippen LogP contribution is 2.15. The molecule has 0 N–H and O–H groups in total. The molecule has 0 amide bonds. The van der Waals surface area contributed by atoms with Gasteiger partial charge in [0.05, 0.1) is 0 Å². The zero-order chi connectivity index (χ0) is 10.4. The van der Waals surface area contributed by atoms with Crippen LogP contribution in [0.5, 0.6) is 0 Å². The summed E-state index contributed by atoms with van der Waals surface area (Å²) in [5.41, 5.74) is 4.11. The summed E-state index contributed by atoms with van der Waals surface area (Å²) >= 11 is 0. The van der Waals surface area contributed by atoms with Crippen molar-refractivity contribution in [3.05, 3.63) is 53.6 Å². The van der Waals surface area contributed by atoms with Crippen molar-refractivity contribution in [2.24, 2.45) is 0 Å². The molecule has 0 bridgehead atoms. The number of allylic oxidation sites excluding steroid dienone is 2. The van der Waals surface area contributed by atoms with E-state index in [9.17, 15) is 0 Å². The Morgan fingerprint density at radius 1 is 1.36 bits per heavy atom. The SMILES string of the molecule is C=CCc1ccc(C=CC)c(CC)c1. The van der Waals surface area contributed by atoms with Gasteiger partial charge in [0.25, 0.3) is 0 Å². The van der Waals surface area contributed by atoms with Crippen molar-refractivity contribution >= 4 is 6.08 Å². The highest BCUT2D eigenvalue weighted by molar-refractivity contribution is 5.54. The molecule has 0 aliphatic heterocycles. The minimum Gasteiger partial charge on any atom is -0.103 e. The van der Waals surface area contributed by atoms with Crippen LogP contribution >= 0.6 is 0 Å². The summed E-state index contributed by atoms with van der Waals surface area (Å²) in [6.07, 6.45) is 8.25. The van der Waals surface area contributed by atoms with Crippen LogP contribution in [0.15, 0.2) is 36.9 Å². The van der Waals surface area contributed by atoms with Crippen LogP contribution < -0.4 is 0 Å². The largest absolute Gasteiger partial charge is 0.103 e. The average Bonchev–Trinajstić information content (AvgIpc) is 2.21. The second kappa shape index (κ2) is 5.43. The van der Waals surface area contributed by atoms with E-state index < -0.39 is 0 Å². The van der Waals surface area contributed by atoms with Crippen molar-refractivity contribution in [2.75, 3.05) is 0 Å². The first kappa shape index (κ1) is 10.8. The Morgan fingerprint density at radius 2 is 2.14 bits per heavy atom. The van der Waals surface area contributed by atoms with E-state index in [1.165, 1.54) is 16.7 Å². The molecule has 0 unspecified atom stereocenters. The maximum atomic E-state index is 3.76. The van der Waals surface area contributed by atoms with Crippen molar-refractivity contribution < 1.29 is 0 Å². The molecule has 0 fully saturated rings. The number of aryl methyl sites for hydroxylation is 1. The van der Waals surface area contributed by atoms with E-state index in [-0.39, 0.29) is 0 Å². The lowest BCUT2D eigenvalue weighted by Gasteiger charge is -2.05. The zero-order valence-corrected chi connectivity index (χ0v) is 9.09. The van der Waals surface area contributed by atoms with E-state index in [4.69, 9.17) is 0 Å². The fourth-order valence-corrected chi connectivity index (χ4v) is 1.60. The zero-order valence-electron chi connectivity index (χ0n) is 9.09. The Hall–Kier alpha value is -1.30. The molecule has 0 aliphatic rings. The smallest absolute Gasteiger partial charge is 0.0100 e. The molecule has 0 aliphatic carbocycles. The molecule has 0 saturated carbocycles. The Kier molecular flexibility index (Phi) is 4.18. The molecular weight excluding hydrogens is 168 g/mol. The van der Waals surface area contributed by atoms with Crippen LogP contribution in [0.3, 0.4) is 0 Å². The van der Waals surface area contributed by atoms with Crippen LogP contribution in [0, 0.1) is 0 Å². The Balaban J connectivity index is 3.04. The minimum absolute atomic E-state index is 0.961. The van der Waals surface area contributed by atoms with E-state index >= 15 is 0 Å². The summed E-state index contributed by atoms with van der Waals surface area (Å²) in [6, 6.07) is 6.64. The molecule has 0 atom stereocenters. The first-order chi connectivity index (χ1) is 6.81. The monoisotopic (exact) mass is 186 g/mol. The summed E-state index contributed by atoms with van der Waals surface area (Å²) in [5, 5.41) is 0. The van der Waals surface area contributed by atoms with Crippen molar-refractivity contribution in [3.8, 4) is 0 Å². The maximum Gasteiger partial charge on any atom is -0.0100 e. The molecule has 1 aromatic rings. The highest BCUT2D eigenvalue weighted by Gasteiger charge is 1.98. The molecule has 0 heterocycles. The predicted octanol–water partition coefficient (Wildman–Crippen LogP) is 4.01. The van der Waals surface area contributed by atoms with Crippen LogP contribution in [-0.4, -0.2) is 0 Å². The fourth-order valence-electron chi connectivity index (χ4n) is 1.60. The van der Waals surface area contributed by atoms with E-state index in [1.54, 1.807) is 0 Å². The summed E-state index contributed by atoms with van der Waals surface area (Å²) < 4.78 is 0. The van der Waals surface area contributed by atoms with Gasteiger partial charge in [0.2, 0.25) is 0 Å². The van der Waals surface area contributed by atoms with E-state index in [0.717, 1.165) is 12.8 Å². The molecule has 0 saturated heterocycles. The summed E-state index contributed by atoms with van der Waals surface area (Å²) in [5.74, 6) is 0. The first-order valence-electron chi connectivity index (χ1n) is 5.17. The Morgan fingerprint density at radius 3 is 2.71 bits per heavy atom. The second-order valence-electron chi connectivity index (χ2n) is 3.38. The number of rotatable bonds is 4. The highest BCUT2D eigenvalue weighted by atomic mass is 14.0. The molecule has 14 heavy (non-hydrogen) atoms. The summed E-state index contributed by atoms with van der Waals surface area (Å²) in [4.78, 5) is 0. The fraction of sp³-hybridized carbons (Fsp3) is 0.286. The van der Waals surface area contributed by atoms with Crippen molar-refractivity contribution in [1.29, 1.82) is 0 Å². The van der Waals surface area contributed by atoms with Crippen LogP contribution in [0.4, 0.5) is 0 Å². The van der Waals surface area contributed by atoms with Crippen molar-refractivity contribution in [1.82, 2.24) is 0 Å². The normalized spacial score (nSPS) is 10.7. The Labute approximate surface area is 87.0 Å². The lowest BCUT2D eigenvalue weighted by Crippen LogP contribution is -1.89. The Bertz CT molecular complexity index is 332. The number of hydrogen-bond donors (Lipinski definition) is 0. The molecular formula is C14H18. The molecule has 1 aromatic carbocycles. The average molecular weight is 186 g/mol. The third-order valence-corrected chi connectivity index (χ3v) is 2.31. The van der Waals surface area contributed by atoms with Gasteiger partial charge in [-0.15, -0.1) is 6.58 Å². The van der Waals surface area contributed by atoms with Gasteiger partial charge >= 0.3 is 0 Å². The van der Waals surface area contributed by atoms with Gasteiger partial charge in [-0.05, 0) is 36.5 Å². The molecule has 74 valence electrons. The van der Waals surface area contributed by atoms with Crippen molar-refractivity contribution in [2.45, 2.75) is 26.7 Å². The third kappa shape index (κ3) is 2.59. The van der Waals surface area contributed by atoms with Gasteiger partial charge < -0.3 is 0 Å². The number of hydrogen-bond acceptors (Lipinski definition) is 0. The maximum absolute atomic E-state index is 3.76. The van der Waals surface area contributed by atoms with Gasteiger partial charge in [-0.25, -0.2) is 0 Å². The molecule has 0 heteroatoms. The summed E-state index contributed by atoms with van der Waals surface area (Å²) in [7, 11) is 0. The van der Waals surface area contributed by atoms with Gasteiger partial charge in [-0.1, -0.05) is 43.4 Å². The quantitative estimate of drug-likeness (QED) is 0.623. The lowest BCUT2D eigenvalue weighted by molar-refractivity contribution is 1.11. The topological polar surface area (TPSA) is 0 Å². The second-order valence-corrected chi connectivity index (χ2v) is 3.38. The third-order valence-electron chi connectivity index (χ3n) is 2.31. The van der Waals surface area contributed by atoms with E-state index in [1.807, 2.05) is 6.08 Å². The van der Waals surface area contributed by atoms with Gasteiger partial charge in [0.1, 0.15) is 0 Å². The molecule has 0 nitrogen and oxygen atoms in total. The first-order valence-corrected chi connectivity index (χ1v) is 5.17. The van der Waals surface area contributed by atoms with E-state index in [2.05, 4.69) is 50.8 Å². The van der Waals surface area contributed by atoms with Gasteiger partial charge in [-0.2, -0.15) is 0 Å². The molecule has 0 spiro atoms. The van der Waals surface area contributed by atoms with Crippen molar-refractivity contribution in [3.63, 3.8) is 0 Å². The molecule has 0 radical (unpaired) electrons. The summed E-state index contributed by atoms with van der Waals surface area (Å²) in [6.45, 7) is 8.00. The van der Waals surface area contributed by atoms with Crippen LogP contribution in [0.2, 0.25) is 0 Å². The van der Waals surface area contributed by atoms with Crippen LogP contribution in [0.25, 0.3) is 6.08 Å². The van der Waals surface area contributed by atoms with Gasteiger partial charge in [0.15, 0.2) is 0 Å². The molecule has 0 aromatic heterocycles.